The van der Waals surface area contributed by atoms with E-state index in [1.54, 1.807) is 7.05 Å². The summed E-state index contributed by atoms with van der Waals surface area (Å²) >= 11 is 0. The molecule has 5 N–H and O–H groups in total. The van der Waals surface area contributed by atoms with E-state index >= 15 is 0 Å². The molecule has 0 radical (unpaired) electrons. The van der Waals surface area contributed by atoms with Crippen LogP contribution in [-0.4, -0.2) is 13.7 Å². The highest BCUT2D eigenvalue weighted by Gasteiger charge is 1.65. The van der Waals surface area contributed by atoms with Gasteiger partial charge in [0.1, 0.15) is 0 Å². The van der Waals surface area contributed by atoms with Crippen molar-refractivity contribution in [1.29, 1.82) is 0 Å². The predicted octanol–water partition coefficient (Wildman–Crippen LogP) is -1.87. The van der Waals surface area contributed by atoms with E-state index in [4.69, 9.17) is 5.73 Å². The third-order valence-electron chi connectivity index (χ3n) is 0.315. The lowest BCUT2D eigenvalue weighted by Crippen LogP contribution is -2.43. The molecule has 4 nitrogen and oxygen atoms in total. The van der Waals surface area contributed by atoms with Crippen LogP contribution in [0.15, 0.2) is 0 Å². The SMILES string of the molecule is CNNNCN. The first kappa shape index (κ1) is 5.84. The average molecular weight is 90.1 g/mol. The van der Waals surface area contributed by atoms with Gasteiger partial charge in [0, 0.05) is 0 Å². The Morgan fingerprint density at radius 1 is 1.67 bits per heavy atom. The highest BCUT2D eigenvalue weighted by molar-refractivity contribution is 4.16. The van der Waals surface area contributed by atoms with E-state index in [-0.39, 0.29) is 0 Å². The van der Waals surface area contributed by atoms with Gasteiger partial charge in [0.15, 0.2) is 0 Å². The fourth-order valence-electron chi connectivity index (χ4n) is 0.139. The summed E-state index contributed by atoms with van der Waals surface area (Å²) in [7, 11) is 1.75. The molecule has 0 aliphatic heterocycles. The monoisotopic (exact) mass is 90.1 g/mol. The van der Waals surface area contributed by atoms with Crippen molar-refractivity contribution in [2.75, 3.05) is 13.7 Å². The Kier molecular flexibility index (Phi) is 4.71. The first-order valence-electron chi connectivity index (χ1n) is 1.76. The van der Waals surface area contributed by atoms with Crippen LogP contribution in [0.4, 0.5) is 0 Å². The zero-order valence-corrected chi connectivity index (χ0v) is 3.78. The zero-order chi connectivity index (χ0) is 4.83. The Labute approximate surface area is 37.0 Å². The second-order valence-electron chi connectivity index (χ2n) is 0.756. The largest absolute Gasteiger partial charge is 0.317 e. The van der Waals surface area contributed by atoms with Crippen molar-refractivity contribution < 1.29 is 0 Å². The molecule has 0 spiro atoms. The number of rotatable bonds is 3. The third-order valence-corrected chi connectivity index (χ3v) is 0.315. The first-order valence-corrected chi connectivity index (χ1v) is 1.76. The Morgan fingerprint density at radius 2 is 2.33 bits per heavy atom. The lowest BCUT2D eigenvalue weighted by molar-refractivity contribution is 0.478. The molecule has 38 valence electrons. The molecule has 0 aromatic heterocycles. The molecular weight excluding hydrogens is 80.0 g/mol. The molecule has 0 amide bonds. The van der Waals surface area contributed by atoms with E-state index in [0.717, 1.165) is 0 Å². The van der Waals surface area contributed by atoms with E-state index < -0.39 is 0 Å². The number of nitrogens with two attached hydrogens (primary N) is 1. The van der Waals surface area contributed by atoms with Gasteiger partial charge in [-0.05, 0) is 7.05 Å². The quantitative estimate of drug-likeness (QED) is 0.186. The molecule has 0 aromatic rings. The Balaban J connectivity index is 2.34. The van der Waals surface area contributed by atoms with Gasteiger partial charge in [-0.3, -0.25) is 0 Å². The molecule has 0 aliphatic carbocycles. The molecule has 0 rings (SSSR count). The van der Waals surface area contributed by atoms with Crippen molar-refractivity contribution >= 4 is 0 Å². The van der Waals surface area contributed by atoms with Crippen LogP contribution in [-0.2, 0) is 0 Å². The fourth-order valence-corrected chi connectivity index (χ4v) is 0.139. The van der Waals surface area contributed by atoms with Gasteiger partial charge >= 0.3 is 0 Å². The normalized spacial score (nSPS) is 9.00. The van der Waals surface area contributed by atoms with Crippen LogP contribution < -0.4 is 22.1 Å². The Morgan fingerprint density at radius 3 is 2.50 bits per heavy atom. The summed E-state index contributed by atoms with van der Waals surface area (Å²) in [5.41, 5.74) is 12.8. The number of nitrogens with one attached hydrogen (secondary N) is 3. The molecule has 0 saturated carbocycles. The summed E-state index contributed by atoms with van der Waals surface area (Å²) in [6.45, 7) is 0.431. The molecule has 0 atom stereocenters. The van der Waals surface area contributed by atoms with Gasteiger partial charge in [0.05, 0.1) is 6.67 Å². The zero-order valence-electron chi connectivity index (χ0n) is 3.78. The van der Waals surface area contributed by atoms with E-state index in [9.17, 15) is 0 Å². The highest BCUT2D eigenvalue weighted by atomic mass is 15.6. The molecule has 0 unspecified atom stereocenters. The molecular formula is C2H10N4. The minimum Gasteiger partial charge on any atom is -0.317 e. The maximum absolute atomic E-state index is 5.00. The fraction of sp³-hybridized carbons (Fsp3) is 1.00. The van der Waals surface area contributed by atoms with Crippen molar-refractivity contribution in [2.45, 2.75) is 0 Å². The average Bonchev–Trinajstić information content (AvgIpc) is 1.61. The summed E-state index contributed by atoms with van der Waals surface area (Å²) in [4.78, 5) is 0. The molecule has 0 heterocycles. The highest BCUT2D eigenvalue weighted by Crippen LogP contribution is 1.22. The molecule has 0 aliphatic rings. The maximum atomic E-state index is 5.00. The third kappa shape index (κ3) is 3.84. The van der Waals surface area contributed by atoms with E-state index in [1.165, 1.54) is 0 Å². The predicted molar refractivity (Wildman–Crippen MR) is 24.4 cm³/mol. The van der Waals surface area contributed by atoms with Crippen LogP contribution in [0.1, 0.15) is 0 Å². The van der Waals surface area contributed by atoms with E-state index in [2.05, 4.69) is 16.4 Å². The molecule has 0 aromatic carbocycles. The van der Waals surface area contributed by atoms with Gasteiger partial charge < -0.3 is 5.73 Å². The van der Waals surface area contributed by atoms with Crippen molar-refractivity contribution in [1.82, 2.24) is 16.4 Å². The summed E-state index contributed by atoms with van der Waals surface area (Å²) < 4.78 is 0. The lowest BCUT2D eigenvalue weighted by Gasteiger charge is -1.97. The lowest BCUT2D eigenvalue weighted by atomic mass is 11.2. The molecule has 6 heavy (non-hydrogen) atoms. The van der Waals surface area contributed by atoms with Gasteiger partial charge in [0.2, 0.25) is 0 Å². The Hall–Kier alpha value is -0.160. The minimum absolute atomic E-state index is 0.431. The van der Waals surface area contributed by atoms with Crippen LogP contribution in [0, 0.1) is 0 Å². The second-order valence-corrected chi connectivity index (χ2v) is 0.756. The van der Waals surface area contributed by atoms with Gasteiger partial charge in [-0.15, -0.1) is 0 Å². The molecule has 0 bridgehead atoms. The summed E-state index contributed by atoms with van der Waals surface area (Å²) in [6.07, 6.45) is 0. The Bertz CT molecular complexity index is 17.5. The van der Waals surface area contributed by atoms with Crippen LogP contribution in [0.2, 0.25) is 0 Å². The van der Waals surface area contributed by atoms with Gasteiger partial charge in [-0.2, -0.15) is 5.53 Å². The molecule has 4 heteroatoms. The van der Waals surface area contributed by atoms with Crippen LogP contribution in [0.5, 0.6) is 0 Å². The first-order chi connectivity index (χ1) is 2.91. The van der Waals surface area contributed by atoms with Gasteiger partial charge in [0.25, 0.3) is 0 Å². The molecule has 0 fully saturated rings. The maximum Gasteiger partial charge on any atom is 0.0578 e. The van der Waals surface area contributed by atoms with Crippen LogP contribution >= 0.6 is 0 Å². The van der Waals surface area contributed by atoms with Gasteiger partial charge in [-0.1, -0.05) is 0 Å². The van der Waals surface area contributed by atoms with Crippen molar-refractivity contribution in [3.05, 3.63) is 0 Å². The second kappa shape index (κ2) is 4.84. The van der Waals surface area contributed by atoms with Gasteiger partial charge in [-0.25, -0.2) is 10.9 Å². The summed E-state index contributed by atoms with van der Waals surface area (Å²) in [6, 6.07) is 0. The smallest absolute Gasteiger partial charge is 0.0578 e. The van der Waals surface area contributed by atoms with Crippen molar-refractivity contribution in [2.24, 2.45) is 5.73 Å². The number of hydrogen-bond donors (Lipinski definition) is 4. The number of hydrazine groups is 2. The van der Waals surface area contributed by atoms with E-state index in [1.807, 2.05) is 0 Å². The summed E-state index contributed by atoms with van der Waals surface area (Å²) in [5, 5.41) is 0. The minimum atomic E-state index is 0.431. The van der Waals surface area contributed by atoms with Crippen molar-refractivity contribution in [3.8, 4) is 0 Å². The van der Waals surface area contributed by atoms with Crippen LogP contribution in [0.25, 0.3) is 0 Å². The van der Waals surface area contributed by atoms with Crippen molar-refractivity contribution in [3.63, 3.8) is 0 Å². The molecule has 0 saturated heterocycles. The number of hydrogen-bond acceptors (Lipinski definition) is 4. The van der Waals surface area contributed by atoms with Crippen LogP contribution in [0.3, 0.4) is 0 Å². The summed E-state index contributed by atoms with van der Waals surface area (Å²) in [5.74, 6) is 0. The van der Waals surface area contributed by atoms with E-state index in [0.29, 0.717) is 6.67 Å². The topological polar surface area (TPSA) is 62.1 Å². The standard InChI is InChI=1S/C2H10N4/c1-4-6-5-2-3/h4-6H,2-3H2,1H3.